The third-order valence-electron chi connectivity index (χ3n) is 2.22. The van der Waals surface area contributed by atoms with Crippen LogP contribution in [0.4, 0.5) is 0 Å². The van der Waals surface area contributed by atoms with Crippen LogP contribution in [0.3, 0.4) is 0 Å². The van der Waals surface area contributed by atoms with Gasteiger partial charge in [0.05, 0.1) is 7.11 Å². The number of phenols is 1. The summed E-state index contributed by atoms with van der Waals surface area (Å²) in [5.74, 6) is 0.968. The van der Waals surface area contributed by atoms with Crippen LogP contribution >= 0.6 is 15.9 Å². The first kappa shape index (κ1) is 11.3. The van der Waals surface area contributed by atoms with Crippen LogP contribution < -0.4 is 10.5 Å². The van der Waals surface area contributed by atoms with Crippen molar-refractivity contribution in [1.29, 1.82) is 0 Å². The lowest BCUT2D eigenvalue weighted by atomic mass is 10.0. The molecule has 0 heterocycles. The first-order valence-electron chi connectivity index (χ1n) is 4.37. The molecule has 0 aliphatic rings. The number of hydrogen-bond donors (Lipinski definition) is 2. The highest BCUT2D eigenvalue weighted by Crippen LogP contribution is 2.38. The number of phenolic OH excluding ortho intramolecular Hbond substituents is 1. The lowest BCUT2D eigenvalue weighted by Gasteiger charge is -2.14. The van der Waals surface area contributed by atoms with E-state index in [4.69, 9.17) is 10.5 Å². The Hall–Kier alpha value is -0.740. The summed E-state index contributed by atoms with van der Waals surface area (Å²) in [5.41, 5.74) is 6.37. The molecule has 14 heavy (non-hydrogen) atoms. The van der Waals surface area contributed by atoms with Crippen molar-refractivity contribution in [2.75, 3.05) is 13.7 Å². The number of methoxy groups -OCH3 is 1. The van der Waals surface area contributed by atoms with Crippen LogP contribution in [-0.2, 0) is 0 Å². The smallest absolute Gasteiger partial charge is 0.137 e. The molecule has 0 fully saturated rings. The van der Waals surface area contributed by atoms with Gasteiger partial charge in [-0.2, -0.15) is 0 Å². The molecule has 0 aliphatic heterocycles. The van der Waals surface area contributed by atoms with Gasteiger partial charge in [0, 0.05) is 0 Å². The highest BCUT2D eigenvalue weighted by molar-refractivity contribution is 9.10. The summed E-state index contributed by atoms with van der Waals surface area (Å²) in [6.07, 6.45) is 0. The van der Waals surface area contributed by atoms with Crippen molar-refractivity contribution in [3.8, 4) is 11.5 Å². The van der Waals surface area contributed by atoms with E-state index >= 15 is 0 Å². The highest BCUT2D eigenvalue weighted by Gasteiger charge is 2.14. The van der Waals surface area contributed by atoms with Crippen molar-refractivity contribution in [2.45, 2.75) is 12.8 Å². The molecule has 0 spiro atoms. The maximum atomic E-state index is 9.83. The van der Waals surface area contributed by atoms with Crippen molar-refractivity contribution >= 4 is 15.9 Å². The molecule has 3 N–H and O–H groups in total. The zero-order valence-electron chi connectivity index (χ0n) is 8.25. The predicted octanol–water partition coefficient (Wildman–Crippen LogP) is 2.23. The molecule has 78 valence electrons. The number of rotatable bonds is 3. The molecule has 0 aromatic heterocycles. The van der Waals surface area contributed by atoms with Crippen molar-refractivity contribution in [1.82, 2.24) is 0 Å². The summed E-state index contributed by atoms with van der Waals surface area (Å²) in [4.78, 5) is 0. The molecule has 1 atom stereocenters. The predicted molar refractivity (Wildman–Crippen MR) is 59.8 cm³/mol. The van der Waals surface area contributed by atoms with Crippen LogP contribution in [0.5, 0.6) is 11.5 Å². The summed E-state index contributed by atoms with van der Waals surface area (Å²) in [7, 11) is 1.56. The molecule has 1 unspecified atom stereocenters. The first-order valence-corrected chi connectivity index (χ1v) is 5.16. The second kappa shape index (κ2) is 4.66. The molecule has 0 radical (unpaired) electrons. The Labute approximate surface area is 92.0 Å². The number of halogens is 1. The van der Waals surface area contributed by atoms with Crippen molar-refractivity contribution in [3.63, 3.8) is 0 Å². The number of ether oxygens (including phenoxy) is 1. The Balaban J connectivity index is 3.17. The van der Waals surface area contributed by atoms with Crippen molar-refractivity contribution in [2.24, 2.45) is 5.73 Å². The second-order valence-corrected chi connectivity index (χ2v) is 3.95. The third kappa shape index (κ3) is 2.01. The molecule has 0 amide bonds. The minimum atomic E-state index is 0.136. The number of benzene rings is 1. The largest absolute Gasteiger partial charge is 0.506 e. The summed E-state index contributed by atoms with van der Waals surface area (Å²) >= 11 is 3.27. The Bertz CT molecular complexity index is 328. The Morgan fingerprint density at radius 2 is 2.21 bits per heavy atom. The second-order valence-electron chi connectivity index (χ2n) is 3.16. The maximum Gasteiger partial charge on any atom is 0.137 e. The minimum absolute atomic E-state index is 0.136. The normalized spacial score (nSPS) is 12.6. The Kier molecular flexibility index (Phi) is 3.77. The monoisotopic (exact) mass is 259 g/mol. The molecule has 3 nitrogen and oxygen atoms in total. The van der Waals surface area contributed by atoms with Crippen LogP contribution in [0, 0.1) is 0 Å². The van der Waals surface area contributed by atoms with E-state index in [0.29, 0.717) is 16.8 Å². The van der Waals surface area contributed by atoms with Crippen LogP contribution in [0.2, 0.25) is 0 Å². The Morgan fingerprint density at radius 1 is 1.57 bits per heavy atom. The molecule has 0 saturated carbocycles. The van der Waals surface area contributed by atoms with Crippen LogP contribution in [0.1, 0.15) is 18.4 Å². The average molecular weight is 260 g/mol. The molecule has 0 saturated heterocycles. The van der Waals surface area contributed by atoms with Gasteiger partial charge in [-0.05, 0) is 40.0 Å². The van der Waals surface area contributed by atoms with Gasteiger partial charge < -0.3 is 15.6 Å². The quantitative estimate of drug-likeness (QED) is 0.876. The van der Waals surface area contributed by atoms with Gasteiger partial charge in [-0.15, -0.1) is 0 Å². The fourth-order valence-electron chi connectivity index (χ4n) is 1.24. The molecule has 1 aromatic rings. The fraction of sp³-hybridized carbons (Fsp3) is 0.400. The molecular formula is C10H14BrNO2. The van der Waals surface area contributed by atoms with Crippen LogP contribution in [-0.4, -0.2) is 18.8 Å². The van der Waals surface area contributed by atoms with Gasteiger partial charge in [0.25, 0.3) is 0 Å². The van der Waals surface area contributed by atoms with E-state index < -0.39 is 0 Å². The maximum absolute atomic E-state index is 9.83. The average Bonchev–Trinajstić information content (AvgIpc) is 2.21. The molecule has 4 heteroatoms. The van der Waals surface area contributed by atoms with E-state index in [-0.39, 0.29) is 11.7 Å². The number of nitrogens with two attached hydrogens (primary N) is 1. The van der Waals surface area contributed by atoms with E-state index in [9.17, 15) is 5.11 Å². The number of aromatic hydroxyl groups is 1. The van der Waals surface area contributed by atoms with Crippen LogP contribution in [0.15, 0.2) is 16.6 Å². The molecule has 0 bridgehead atoms. The van der Waals surface area contributed by atoms with Crippen molar-refractivity contribution < 1.29 is 9.84 Å². The molecule has 0 aliphatic carbocycles. The first-order chi connectivity index (χ1) is 6.61. The van der Waals surface area contributed by atoms with E-state index in [1.807, 2.05) is 19.1 Å². The minimum Gasteiger partial charge on any atom is -0.506 e. The fourth-order valence-corrected chi connectivity index (χ4v) is 1.77. The van der Waals surface area contributed by atoms with Crippen molar-refractivity contribution in [3.05, 3.63) is 22.2 Å². The van der Waals surface area contributed by atoms with E-state index in [0.717, 1.165) is 5.56 Å². The van der Waals surface area contributed by atoms with Gasteiger partial charge in [-0.1, -0.05) is 13.0 Å². The van der Waals surface area contributed by atoms with Gasteiger partial charge >= 0.3 is 0 Å². The molecule has 1 aromatic carbocycles. The van der Waals surface area contributed by atoms with Gasteiger partial charge in [0.15, 0.2) is 0 Å². The van der Waals surface area contributed by atoms with Crippen LogP contribution in [0.25, 0.3) is 0 Å². The topological polar surface area (TPSA) is 55.5 Å². The summed E-state index contributed by atoms with van der Waals surface area (Å²) in [6.45, 7) is 2.47. The van der Waals surface area contributed by atoms with E-state index in [2.05, 4.69) is 15.9 Å². The zero-order valence-corrected chi connectivity index (χ0v) is 9.84. The van der Waals surface area contributed by atoms with E-state index in [1.54, 1.807) is 7.11 Å². The SMILES string of the molecule is COc1ccc(C(C)CN)c(O)c1Br. The highest BCUT2D eigenvalue weighted by atomic mass is 79.9. The van der Waals surface area contributed by atoms with Gasteiger partial charge in [0.2, 0.25) is 0 Å². The van der Waals surface area contributed by atoms with Gasteiger partial charge in [-0.3, -0.25) is 0 Å². The summed E-state index contributed by atoms with van der Waals surface area (Å²) < 4.78 is 5.64. The lowest BCUT2D eigenvalue weighted by Crippen LogP contribution is -2.09. The Morgan fingerprint density at radius 3 is 2.71 bits per heavy atom. The molecule has 1 rings (SSSR count). The van der Waals surface area contributed by atoms with Gasteiger partial charge in [0.1, 0.15) is 16.0 Å². The summed E-state index contributed by atoms with van der Waals surface area (Å²) in [6, 6.07) is 3.64. The third-order valence-corrected chi connectivity index (χ3v) is 2.98. The number of hydrogen-bond acceptors (Lipinski definition) is 3. The lowest BCUT2D eigenvalue weighted by molar-refractivity contribution is 0.401. The summed E-state index contributed by atoms with van der Waals surface area (Å²) in [5, 5.41) is 9.83. The molecular weight excluding hydrogens is 246 g/mol. The standard InChI is InChI=1S/C10H14BrNO2/c1-6(5-12)7-3-4-8(14-2)9(11)10(7)13/h3-4,6,13H,5,12H2,1-2H3. The zero-order chi connectivity index (χ0) is 10.7. The van der Waals surface area contributed by atoms with E-state index in [1.165, 1.54) is 0 Å². The van der Waals surface area contributed by atoms with Gasteiger partial charge in [-0.25, -0.2) is 0 Å².